The number of aliphatic hydroxyl groups is 1. The molecule has 0 aliphatic rings. The molecule has 21 heavy (non-hydrogen) atoms. The first kappa shape index (κ1) is 17.4. The van der Waals surface area contributed by atoms with Gasteiger partial charge in [0.1, 0.15) is 5.75 Å². The highest BCUT2D eigenvalue weighted by Gasteiger charge is 2.17. The van der Waals surface area contributed by atoms with Crippen molar-refractivity contribution in [2.75, 3.05) is 6.61 Å². The molecular weight excluding hydrogens is 280 g/mol. The molecule has 0 saturated heterocycles. The van der Waals surface area contributed by atoms with Crippen LogP contribution >= 0.6 is 0 Å². The summed E-state index contributed by atoms with van der Waals surface area (Å²) in [4.78, 5) is 12.0. The molecule has 1 unspecified atom stereocenters. The maximum Gasteiger partial charge on any atom is 0.387 e. The largest absolute Gasteiger partial charge is 0.435 e. The van der Waals surface area contributed by atoms with Gasteiger partial charge in [0, 0.05) is 18.2 Å². The third-order valence-corrected chi connectivity index (χ3v) is 3.13. The third kappa shape index (κ3) is 6.08. The van der Waals surface area contributed by atoms with Crippen LogP contribution in [0.4, 0.5) is 8.78 Å². The van der Waals surface area contributed by atoms with E-state index in [9.17, 15) is 13.6 Å². The summed E-state index contributed by atoms with van der Waals surface area (Å²) in [6.45, 7) is 0.934. The summed E-state index contributed by atoms with van der Waals surface area (Å²) in [6.07, 6.45) is 0.413. The number of carbonyl (C=O) groups excluding carboxylic acids is 1. The van der Waals surface area contributed by atoms with E-state index >= 15 is 0 Å². The highest BCUT2D eigenvalue weighted by molar-refractivity contribution is 5.79. The van der Waals surface area contributed by atoms with E-state index in [2.05, 4.69) is 10.1 Å². The Kier molecular flexibility index (Phi) is 7.08. The Bertz CT molecular complexity index is 452. The summed E-state index contributed by atoms with van der Waals surface area (Å²) in [5.41, 5.74) is 0.404. The van der Waals surface area contributed by atoms with Gasteiger partial charge in [0.2, 0.25) is 5.91 Å². The van der Waals surface area contributed by atoms with Crippen LogP contribution < -0.4 is 10.1 Å². The fourth-order valence-corrected chi connectivity index (χ4v) is 2.00. The Hall–Kier alpha value is -1.69. The molecule has 0 aliphatic carbocycles. The maximum absolute atomic E-state index is 12.3. The van der Waals surface area contributed by atoms with Gasteiger partial charge in [-0.3, -0.25) is 4.79 Å². The number of para-hydroxylation sites is 1. The Morgan fingerprint density at radius 2 is 2.00 bits per heavy atom. The minimum atomic E-state index is -2.92. The smallest absolute Gasteiger partial charge is 0.387 e. The zero-order chi connectivity index (χ0) is 15.8. The van der Waals surface area contributed by atoms with Crippen LogP contribution in [0.5, 0.6) is 5.75 Å². The van der Waals surface area contributed by atoms with Gasteiger partial charge in [-0.05, 0) is 18.4 Å². The number of aliphatic hydroxyl groups excluding tert-OH is 1. The van der Waals surface area contributed by atoms with E-state index in [-0.39, 0.29) is 36.6 Å². The van der Waals surface area contributed by atoms with Gasteiger partial charge < -0.3 is 15.2 Å². The van der Waals surface area contributed by atoms with Gasteiger partial charge in [0.05, 0.1) is 6.42 Å². The van der Waals surface area contributed by atoms with Crippen LogP contribution in [0, 0.1) is 5.92 Å². The van der Waals surface area contributed by atoms with Crippen molar-refractivity contribution in [2.24, 2.45) is 5.92 Å². The van der Waals surface area contributed by atoms with E-state index < -0.39 is 6.61 Å². The summed E-state index contributed by atoms with van der Waals surface area (Å²) in [7, 11) is 0. The lowest BCUT2D eigenvalue weighted by atomic mass is 10.0. The molecule has 0 radical (unpaired) electrons. The Morgan fingerprint density at radius 1 is 1.33 bits per heavy atom. The topological polar surface area (TPSA) is 58.6 Å². The summed E-state index contributed by atoms with van der Waals surface area (Å²) >= 11 is 0. The first-order valence-corrected chi connectivity index (χ1v) is 6.87. The van der Waals surface area contributed by atoms with Crippen LogP contribution in [0.15, 0.2) is 24.3 Å². The summed E-state index contributed by atoms with van der Waals surface area (Å²) in [5.74, 6) is -0.105. The molecule has 2 N–H and O–H groups in total. The minimum Gasteiger partial charge on any atom is -0.435 e. The predicted molar refractivity (Wildman–Crippen MR) is 75.2 cm³/mol. The molecule has 1 atom stereocenters. The van der Waals surface area contributed by atoms with E-state index in [1.54, 1.807) is 18.2 Å². The van der Waals surface area contributed by atoms with E-state index in [1.165, 1.54) is 6.07 Å². The van der Waals surface area contributed by atoms with Crippen molar-refractivity contribution in [2.45, 2.75) is 39.3 Å². The average molecular weight is 301 g/mol. The SMILES string of the molecule is CC(C)C(CCO)NC(=O)Cc1ccccc1OC(F)F. The van der Waals surface area contributed by atoms with Crippen LogP contribution in [0.1, 0.15) is 25.8 Å². The normalized spacial score (nSPS) is 12.5. The molecule has 6 heteroatoms. The maximum atomic E-state index is 12.3. The number of nitrogens with one attached hydrogen (secondary N) is 1. The molecule has 118 valence electrons. The van der Waals surface area contributed by atoms with Crippen molar-refractivity contribution in [1.82, 2.24) is 5.32 Å². The monoisotopic (exact) mass is 301 g/mol. The third-order valence-electron chi connectivity index (χ3n) is 3.13. The zero-order valence-electron chi connectivity index (χ0n) is 12.2. The van der Waals surface area contributed by atoms with Gasteiger partial charge in [-0.2, -0.15) is 8.78 Å². The molecule has 0 fully saturated rings. The number of amides is 1. The van der Waals surface area contributed by atoms with Crippen molar-refractivity contribution in [3.63, 3.8) is 0 Å². The highest BCUT2D eigenvalue weighted by atomic mass is 19.3. The number of ether oxygens (including phenoxy) is 1. The van der Waals surface area contributed by atoms with Crippen molar-refractivity contribution >= 4 is 5.91 Å². The highest BCUT2D eigenvalue weighted by Crippen LogP contribution is 2.21. The van der Waals surface area contributed by atoms with Gasteiger partial charge in [-0.25, -0.2) is 0 Å². The number of benzene rings is 1. The average Bonchev–Trinajstić information content (AvgIpc) is 2.39. The molecule has 0 aliphatic heterocycles. The number of carbonyl (C=O) groups is 1. The zero-order valence-corrected chi connectivity index (χ0v) is 12.2. The van der Waals surface area contributed by atoms with Gasteiger partial charge in [0.25, 0.3) is 0 Å². The second-order valence-electron chi connectivity index (χ2n) is 5.09. The Morgan fingerprint density at radius 3 is 2.57 bits per heavy atom. The molecule has 0 aromatic heterocycles. The molecule has 0 saturated carbocycles. The van der Waals surface area contributed by atoms with Crippen LogP contribution in [-0.4, -0.2) is 30.3 Å². The Labute approximate surface area is 123 Å². The van der Waals surface area contributed by atoms with Crippen LogP contribution in [0.25, 0.3) is 0 Å². The number of halogens is 2. The van der Waals surface area contributed by atoms with Crippen molar-refractivity contribution < 1.29 is 23.4 Å². The minimum absolute atomic E-state index is 0.00547. The molecule has 1 amide bonds. The molecule has 0 heterocycles. The second kappa shape index (κ2) is 8.56. The standard InChI is InChI=1S/C15H21F2NO3/c1-10(2)12(7-8-19)18-14(20)9-11-5-3-4-6-13(11)21-15(16)17/h3-6,10,12,15,19H,7-9H2,1-2H3,(H,18,20). The number of rotatable bonds is 8. The first-order valence-electron chi connectivity index (χ1n) is 6.87. The quantitative estimate of drug-likeness (QED) is 0.775. The summed E-state index contributed by atoms with van der Waals surface area (Å²) in [6, 6.07) is 6.07. The first-order chi connectivity index (χ1) is 9.93. The molecule has 1 aromatic carbocycles. The second-order valence-corrected chi connectivity index (χ2v) is 5.09. The molecule has 0 bridgehead atoms. The van der Waals surface area contributed by atoms with E-state index in [4.69, 9.17) is 5.11 Å². The fourth-order valence-electron chi connectivity index (χ4n) is 2.00. The van der Waals surface area contributed by atoms with Crippen LogP contribution in [0.2, 0.25) is 0 Å². The van der Waals surface area contributed by atoms with Gasteiger partial charge >= 0.3 is 6.61 Å². The number of hydrogen-bond donors (Lipinski definition) is 2. The lowest BCUT2D eigenvalue weighted by Crippen LogP contribution is -2.40. The number of alkyl halides is 2. The molecular formula is C15H21F2NO3. The van der Waals surface area contributed by atoms with Crippen molar-refractivity contribution in [3.05, 3.63) is 29.8 Å². The molecule has 0 spiro atoms. The summed E-state index contributed by atoms with van der Waals surface area (Å²) < 4.78 is 29.0. The molecule has 1 rings (SSSR count). The Balaban J connectivity index is 2.70. The van der Waals surface area contributed by atoms with E-state index in [0.29, 0.717) is 12.0 Å². The van der Waals surface area contributed by atoms with Gasteiger partial charge in [0.15, 0.2) is 0 Å². The van der Waals surface area contributed by atoms with Crippen molar-refractivity contribution in [1.29, 1.82) is 0 Å². The van der Waals surface area contributed by atoms with Gasteiger partial charge in [-0.15, -0.1) is 0 Å². The van der Waals surface area contributed by atoms with E-state index in [1.807, 2.05) is 13.8 Å². The fraction of sp³-hybridized carbons (Fsp3) is 0.533. The van der Waals surface area contributed by atoms with Crippen molar-refractivity contribution in [3.8, 4) is 5.75 Å². The van der Waals surface area contributed by atoms with Crippen LogP contribution in [0.3, 0.4) is 0 Å². The van der Waals surface area contributed by atoms with E-state index in [0.717, 1.165) is 0 Å². The lowest BCUT2D eigenvalue weighted by Gasteiger charge is -2.21. The van der Waals surface area contributed by atoms with Gasteiger partial charge in [-0.1, -0.05) is 32.0 Å². The molecule has 4 nitrogen and oxygen atoms in total. The summed E-state index contributed by atoms with van der Waals surface area (Å²) in [5, 5.41) is 11.8. The predicted octanol–water partition coefficient (Wildman–Crippen LogP) is 2.35. The lowest BCUT2D eigenvalue weighted by molar-refractivity contribution is -0.121. The number of hydrogen-bond acceptors (Lipinski definition) is 3. The molecule has 1 aromatic rings. The van der Waals surface area contributed by atoms with Crippen LogP contribution in [-0.2, 0) is 11.2 Å².